The third-order valence-electron chi connectivity index (χ3n) is 2.53. The standard InChI is InChI=1S/C12H17NO3/c1-8-6-7-9(12(2,3)4)11(16-5)10(8)13(14)15/h6-7H,1-5H3. The highest BCUT2D eigenvalue weighted by Gasteiger charge is 2.27. The minimum Gasteiger partial charge on any atom is -0.490 e. The quantitative estimate of drug-likeness (QED) is 0.571. The van der Waals surface area contributed by atoms with Gasteiger partial charge in [-0.05, 0) is 12.3 Å². The van der Waals surface area contributed by atoms with Crippen LogP contribution in [0.2, 0.25) is 0 Å². The average Bonchev–Trinajstić information content (AvgIpc) is 2.14. The predicted molar refractivity (Wildman–Crippen MR) is 63.1 cm³/mol. The molecule has 4 heteroatoms. The zero-order valence-corrected chi connectivity index (χ0v) is 10.3. The van der Waals surface area contributed by atoms with Crippen LogP contribution in [-0.4, -0.2) is 12.0 Å². The van der Waals surface area contributed by atoms with Gasteiger partial charge in [0.1, 0.15) is 0 Å². The monoisotopic (exact) mass is 223 g/mol. The van der Waals surface area contributed by atoms with Gasteiger partial charge in [-0.15, -0.1) is 0 Å². The van der Waals surface area contributed by atoms with Crippen LogP contribution in [0, 0.1) is 17.0 Å². The molecule has 0 bridgehead atoms. The third-order valence-corrected chi connectivity index (χ3v) is 2.53. The van der Waals surface area contributed by atoms with Gasteiger partial charge in [-0.3, -0.25) is 10.1 Å². The van der Waals surface area contributed by atoms with Crippen LogP contribution < -0.4 is 4.74 Å². The molecule has 1 rings (SSSR count). The second-order valence-corrected chi connectivity index (χ2v) is 4.82. The van der Waals surface area contributed by atoms with E-state index in [0.29, 0.717) is 11.3 Å². The Morgan fingerprint density at radius 3 is 2.25 bits per heavy atom. The van der Waals surface area contributed by atoms with E-state index in [-0.39, 0.29) is 16.0 Å². The fourth-order valence-corrected chi connectivity index (χ4v) is 1.69. The molecule has 0 saturated carbocycles. The molecule has 1 aromatic carbocycles. The van der Waals surface area contributed by atoms with E-state index in [2.05, 4.69) is 0 Å². The van der Waals surface area contributed by atoms with Gasteiger partial charge in [-0.25, -0.2) is 0 Å². The predicted octanol–water partition coefficient (Wildman–Crippen LogP) is 3.21. The number of aryl methyl sites for hydroxylation is 1. The van der Waals surface area contributed by atoms with E-state index < -0.39 is 0 Å². The summed E-state index contributed by atoms with van der Waals surface area (Å²) in [6, 6.07) is 3.66. The summed E-state index contributed by atoms with van der Waals surface area (Å²) in [6.45, 7) is 7.73. The number of methoxy groups -OCH3 is 1. The second-order valence-electron chi connectivity index (χ2n) is 4.82. The Morgan fingerprint density at radius 1 is 1.31 bits per heavy atom. The van der Waals surface area contributed by atoms with E-state index in [0.717, 1.165) is 5.56 Å². The van der Waals surface area contributed by atoms with Gasteiger partial charge in [0.2, 0.25) is 5.75 Å². The number of hydrogen-bond acceptors (Lipinski definition) is 3. The first kappa shape index (κ1) is 12.5. The summed E-state index contributed by atoms with van der Waals surface area (Å²) in [6.07, 6.45) is 0. The number of rotatable bonds is 2. The Hall–Kier alpha value is -1.58. The van der Waals surface area contributed by atoms with Gasteiger partial charge in [0.05, 0.1) is 12.0 Å². The molecule has 0 radical (unpaired) electrons. The molecule has 0 aliphatic heterocycles. The Bertz CT molecular complexity index is 419. The lowest BCUT2D eigenvalue weighted by Crippen LogP contribution is -2.14. The summed E-state index contributed by atoms with van der Waals surface area (Å²) in [5.41, 5.74) is 1.36. The van der Waals surface area contributed by atoms with Crippen LogP contribution in [0.25, 0.3) is 0 Å². The lowest BCUT2D eigenvalue weighted by molar-refractivity contribution is -0.386. The molecule has 16 heavy (non-hydrogen) atoms. The molecule has 0 fully saturated rings. The normalized spacial score (nSPS) is 11.3. The van der Waals surface area contributed by atoms with Gasteiger partial charge in [0.25, 0.3) is 0 Å². The average molecular weight is 223 g/mol. The van der Waals surface area contributed by atoms with Crippen molar-refractivity contribution in [2.75, 3.05) is 7.11 Å². The van der Waals surface area contributed by atoms with Gasteiger partial charge >= 0.3 is 5.69 Å². The number of hydrogen-bond donors (Lipinski definition) is 0. The zero-order chi connectivity index (χ0) is 12.5. The highest BCUT2D eigenvalue weighted by molar-refractivity contribution is 5.58. The zero-order valence-electron chi connectivity index (χ0n) is 10.3. The lowest BCUT2D eigenvalue weighted by Gasteiger charge is -2.22. The SMILES string of the molecule is COc1c(C(C)(C)C)ccc(C)c1[N+](=O)[O-]. The molecule has 4 nitrogen and oxygen atoms in total. The molecule has 0 heterocycles. The summed E-state index contributed by atoms with van der Waals surface area (Å²) >= 11 is 0. The number of nitrogens with zero attached hydrogens (tertiary/aromatic N) is 1. The second kappa shape index (κ2) is 4.12. The molecule has 0 aliphatic carbocycles. The fourth-order valence-electron chi connectivity index (χ4n) is 1.69. The largest absolute Gasteiger partial charge is 0.490 e. The van der Waals surface area contributed by atoms with Crippen LogP contribution in [0.1, 0.15) is 31.9 Å². The van der Waals surface area contributed by atoms with E-state index in [4.69, 9.17) is 4.74 Å². The third kappa shape index (κ3) is 2.15. The van der Waals surface area contributed by atoms with E-state index >= 15 is 0 Å². The van der Waals surface area contributed by atoms with Gasteiger partial charge in [0.15, 0.2) is 0 Å². The van der Waals surface area contributed by atoms with Crippen molar-refractivity contribution in [3.63, 3.8) is 0 Å². The van der Waals surface area contributed by atoms with Crippen molar-refractivity contribution in [3.8, 4) is 5.75 Å². The van der Waals surface area contributed by atoms with Crippen molar-refractivity contribution >= 4 is 5.69 Å². The summed E-state index contributed by atoms with van der Waals surface area (Å²) in [7, 11) is 1.47. The van der Waals surface area contributed by atoms with Crippen molar-refractivity contribution in [1.29, 1.82) is 0 Å². The fraction of sp³-hybridized carbons (Fsp3) is 0.500. The maximum absolute atomic E-state index is 11.0. The molecule has 0 atom stereocenters. The van der Waals surface area contributed by atoms with Crippen molar-refractivity contribution in [2.45, 2.75) is 33.1 Å². The number of ether oxygens (including phenoxy) is 1. The smallest absolute Gasteiger partial charge is 0.314 e. The first-order valence-corrected chi connectivity index (χ1v) is 5.11. The van der Waals surface area contributed by atoms with E-state index in [1.54, 1.807) is 13.0 Å². The summed E-state index contributed by atoms with van der Waals surface area (Å²) in [5, 5.41) is 11.0. The van der Waals surface area contributed by atoms with Crippen molar-refractivity contribution in [3.05, 3.63) is 33.4 Å². The van der Waals surface area contributed by atoms with Crippen LogP contribution in [0.15, 0.2) is 12.1 Å². The molecule has 0 aromatic heterocycles. The first-order chi connectivity index (χ1) is 7.29. The van der Waals surface area contributed by atoms with Crippen molar-refractivity contribution in [1.82, 2.24) is 0 Å². The van der Waals surface area contributed by atoms with Gasteiger partial charge in [0, 0.05) is 11.1 Å². The maximum Gasteiger partial charge on any atom is 0.314 e. The molecule has 0 saturated heterocycles. The summed E-state index contributed by atoms with van der Waals surface area (Å²) in [4.78, 5) is 10.6. The minimum atomic E-state index is -0.386. The number of nitro benzene ring substituents is 1. The maximum atomic E-state index is 11.0. The molecule has 0 aliphatic rings. The van der Waals surface area contributed by atoms with E-state index in [1.807, 2.05) is 26.8 Å². The van der Waals surface area contributed by atoms with Gasteiger partial charge in [-0.1, -0.05) is 32.9 Å². The molecule has 0 N–H and O–H groups in total. The van der Waals surface area contributed by atoms with Crippen LogP contribution >= 0.6 is 0 Å². The number of nitro groups is 1. The van der Waals surface area contributed by atoms with Crippen LogP contribution in [-0.2, 0) is 5.41 Å². The van der Waals surface area contributed by atoms with Gasteiger partial charge < -0.3 is 4.74 Å². The van der Waals surface area contributed by atoms with Crippen molar-refractivity contribution < 1.29 is 9.66 Å². The van der Waals surface area contributed by atoms with Crippen LogP contribution in [0.5, 0.6) is 5.75 Å². The topological polar surface area (TPSA) is 52.4 Å². The summed E-state index contributed by atoms with van der Waals surface area (Å²) < 4.78 is 5.20. The molecule has 0 unspecified atom stereocenters. The molecular formula is C12H17NO3. The number of benzene rings is 1. The Balaban J connectivity index is 3.56. The van der Waals surface area contributed by atoms with Crippen LogP contribution in [0.4, 0.5) is 5.69 Å². The summed E-state index contributed by atoms with van der Waals surface area (Å²) in [5.74, 6) is 0.373. The van der Waals surface area contributed by atoms with Gasteiger partial charge in [-0.2, -0.15) is 0 Å². The minimum absolute atomic E-state index is 0.0647. The Morgan fingerprint density at radius 2 is 1.88 bits per heavy atom. The molecular weight excluding hydrogens is 206 g/mol. The highest BCUT2D eigenvalue weighted by atomic mass is 16.6. The molecule has 88 valence electrons. The lowest BCUT2D eigenvalue weighted by atomic mass is 9.85. The van der Waals surface area contributed by atoms with Crippen molar-refractivity contribution in [2.24, 2.45) is 0 Å². The highest BCUT2D eigenvalue weighted by Crippen LogP contribution is 2.39. The van der Waals surface area contributed by atoms with E-state index in [9.17, 15) is 10.1 Å². The Kier molecular flexibility index (Phi) is 3.21. The molecule has 0 spiro atoms. The molecule has 0 amide bonds. The molecule has 1 aromatic rings. The van der Waals surface area contributed by atoms with Crippen LogP contribution in [0.3, 0.4) is 0 Å². The first-order valence-electron chi connectivity index (χ1n) is 5.11. The van der Waals surface area contributed by atoms with E-state index in [1.165, 1.54) is 7.11 Å². The Labute approximate surface area is 95.4 Å².